The lowest BCUT2D eigenvalue weighted by atomic mass is 9.96. The van der Waals surface area contributed by atoms with Gasteiger partial charge >= 0.3 is 0 Å². The predicted molar refractivity (Wildman–Crippen MR) is 81.1 cm³/mol. The van der Waals surface area contributed by atoms with Crippen LogP contribution in [0.3, 0.4) is 0 Å². The van der Waals surface area contributed by atoms with Crippen molar-refractivity contribution in [2.24, 2.45) is 0 Å². The lowest BCUT2D eigenvalue weighted by Crippen LogP contribution is -2.38. The van der Waals surface area contributed by atoms with Crippen molar-refractivity contribution in [3.8, 4) is 0 Å². The highest BCUT2D eigenvalue weighted by atomic mass is 79.9. The number of rotatable bonds is 2. The first-order chi connectivity index (χ1) is 10.1. The SMILES string of the molecule is Cc1noc(C2CCN(C(=O)c3ccccc3Br)CC2)n1. The molecular formula is C15H16BrN3O2. The average molecular weight is 350 g/mol. The van der Waals surface area contributed by atoms with Gasteiger partial charge in [0.25, 0.3) is 5.91 Å². The van der Waals surface area contributed by atoms with E-state index >= 15 is 0 Å². The van der Waals surface area contributed by atoms with E-state index in [-0.39, 0.29) is 11.8 Å². The van der Waals surface area contributed by atoms with E-state index in [2.05, 4.69) is 26.1 Å². The number of aryl methyl sites for hydroxylation is 1. The molecule has 1 aromatic heterocycles. The van der Waals surface area contributed by atoms with Crippen molar-refractivity contribution in [3.05, 3.63) is 46.0 Å². The fourth-order valence-electron chi connectivity index (χ4n) is 2.61. The van der Waals surface area contributed by atoms with Gasteiger partial charge in [-0.2, -0.15) is 4.98 Å². The summed E-state index contributed by atoms with van der Waals surface area (Å²) in [5.74, 6) is 1.69. The van der Waals surface area contributed by atoms with Gasteiger partial charge in [0.2, 0.25) is 5.89 Å². The molecule has 0 unspecified atom stereocenters. The number of nitrogens with zero attached hydrogens (tertiary/aromatic N) is 3. The molecule has 110 valence electrons. The number of likely N-dealkylation sites (tertiary alicyclic amines) is 1. The quantitative estimate of drug-likeness (QED) is 0.835. The van der Waals surface area contributed by atoms with Gasteiger partial charge in [-0.1, -0.05) is 17.3 Å². The van der Waals surface area contributed by atoms with Crippen LogP contribution in [0.2, 0.25) is 0 Å². The van der Waals surface area contributed by atoms with Crippen molar-refractivity contribution in [2.45, 2.75) is 25.7 Å². The lowest BCUT2D eigenvalue weighted by Gasteiger charge is -2.30. The second-order valence-corrected chi connectivity index (χ2v) is 6.08. The minimum Gasteiger partial charge on any atom is -0.339 e. The predicted octanol–water partition coefficient (Wildman–Crippen LogP) is 3.16. The third-order valence-electron chi connectivity index (χ3n) is 3.78. The van der Waals surface area contributed by atoms with E-state index in [1.165, 1.54) is 0 Å². The molecule has 0 aliphatic carbocycles. The summed E-state index contributed by atoms with van der Waals surface area (Å²) >= 11 is 3.43. The first kappa shape index (κ1) is 14.3. The summed E-state index contributed by atoms with van der Waals surface area (Å²) in [6, 6.07) is 7.53. The molecule has 0 saturated carbocycles. The zero-order valence-electron chi connectivity index (χ0n) is 11.8. The van der Waals surface area contributed by atoms with Crippen molar-refractivity contribution in [3.63, 3.8) is 0 Å². The van der Waals surface area contributed by atoms with Crippen LogP contribution in [0.1, 0.15) is 40.8 Å². The van der Waals surface area contributed by atoms with Gasteiger partial charge < -0.3 is 9.42 Å². The molecule has 1 fully saturated rings. The van der Waals surface area contributed by atoms with Gasteiger partial charge in [-0.3, -0.25) is 4.79 Å². The van der Waals surface area contributed by atoms with E-state index in [0.29, 0.717) is 30.4 Å². The van der Waals surface area contributed by atoms with Gasteiger partial charge in [-0.25, -0.2) is 0 Å². The number of piperidine rings is 1. The van der Waals surface area contributed by atoms with Crippen molar-refractivity contribution in [2.75, 3.05) is 13.1 Å². The van der Waals surface area contributed by atoms with Crippen molar-refractivity contribution < 1.29 is 9.32 Å². The van der Waals surface area contributed by atoms with Crippen LogP contribution in [0.25, 0.3) is 0 Å². The number of carbonyl (C=O) groups is 1. The first-order valence-electron chi connectivity index (χ1n) is 6.99. The smallest absolute Gasteiger partial charge is 0.254 e. The molecule has 0 bridgehead atoms. The fraction of sp³-hybridized carbons (Fsp3) is 0.400. The summed E-state index contributed by atoms with van der Waals surface area (Å²) < 4.78 is 6.07. The Kier molecular flexibility index (Phi) is 4.05. The average Bonchev–Trinajstić information content (AvgIpc) is 2.94. The molecule has 1 aliphatic heterocycles. The zero-order chi connectivity index (χ0) is 14.8. The summed E-state index contributed by atoms with van der Waals surface area (Å²) in [5.41, 5.74) is 0.713. The summed E-state index contributed by atoms with van der Waals surface area (Å²) in [4.78, 5) is 18.7. The van der Waals surface area contributed by atoms with Crippen LogP contribution in [0.5, 0.6) is 0 Å². The minimum absolute atomic E-state index is 0.0719. The number of benzene rings is 1. The highest BCUT2D eigenvalue weighted by Gasteiger charge is 2.28. The van der Waals surface area contributed by atoms with Crippen molar-refractivity contribution in [1.29, 1.82) is 0 Å². The highest BCUT2D eigenvalue weighted by Crippen LogP contribution is 2.28. The summed E-state index contributed by atoms with van der Waals surface area (Å²) in [7, 11) is 0. The molecule has 1 aromatic carbocycles. The Morgan fingerprint density at radius 1 is 1.33 bits per heavy atom. The molecule has 1 saturated heterocycles. The topological polar surface area (TPSA) is 59.2 Å². The third kappa shape index (κ3) is 3.00. The third-order valence-corrected chi connectivity index (χ3v) is 4.47. The molecule has 0 spiro atoms. The Labute approximate surface area is 131 Å². The molecule has 0 atom stereocenters. The maximum absolute atomic E-state index is 12.5. The number of aromatic nitrogens is 2. The van der Waals surface area contributed by atoms with Gasteiger partial charge in [-0.05, 0) is 47.8 Å². The second-order valence-electron chi connectivity index (χ2n) is 5.23. The van der Waals surface area contributed by atoms with Crippen LogP contribution in [0.4, 0.5) is 0 Å². The Bertz CT molecular complexity index is 648. The maximum atomic E-state index is 12.5. The lowest BCUT2D eigenvalue weighted by molar-refractivity contribution is 0.0703. The molecule has 0 N–H and O–H groups in total. The van der Waals surface area contributed by atoms with E-state index in [4.69, 9.17) is 4.52 Å². The van der Waals surface area contributed by atoms with E-state index in [1.54, 1.807) is 0 Å². The molecule has 1 amide bonds. The van der Waals surface area contributed by atoms with Gasteiger partial charge in [0, 0.05) is 23.5 Å². The Hall–Kier alpha value is -1.69. The molecular weight excluding hydrogens is 334 g/mol. The second kappa shape index (κ2) is 5.97. The van der Waals surface area contributed by atoms with E-state index < -0.39 is 0 Å². The number of halogens is 1. The molecule has 6 heteroatoms. The van der Waals surface area contributed by atoms with E-state index in [0.717, 1.165) is 17.3 Å². The summed E-state index contributed by atoms with van der Waals surface area (Å²) in [5, 5.41) is 3.83. The highest BCUT2D eigenvalue weighted by molar-refractivity contribution is 9.10. The van der Waals surface area contributed by atoms with Crippen molar-refractivity contribution in [1.82, 2.24) is 15.0 Å². The van der Waals surface area contributed by atoms with Gasteiger partial charge in [-0.15, -0.1) is 0 Å². The molecule has 5 nitrogen and oxygen atoms in total. The van der Waals surface area contributed by atoms with Crippen LogP contribution in [-0.2, 0) is 0 Å². The Balaban J connectivity index is 1.66. The van der Waals surface area contributed by atoms with Gasteiger partial charge in [0.15, 0.2) is 5.82 Å². The largest absolute Gasteiger partial charge is 0.339 e. The fourth-order valence-corrected chi connectivity index (χ4v) is 3.07. The molecule has 2 heterocycles. The number of hydrogen-bond donors (Lipinski definition) is 0. The molecule has 2 aromatic rings. The molecule has 1 aliphatic rings. The van der Waals surface area contributed by atoms with Gasteiger partial charge in [0.05, 0.1) is 5.56 Å². The molecule has 3 rings (SSSR count). The number of carbonyl (C=O) groups excluding carboxylic acids is 1. The number of hydrogen-bond acceptors (Lipinski definition) is 4. The van der Waals surface area contributed by atoms with Crippen LogP contribution in [0, 0.1) is 6.92 Å². The molecule has 0 radical (unpaired) electrons. The Morgan fingerprint density at radius 3 is 2.67 bits per heavy atom. The van der Waals surface area contributed by atoms with Crippen molar-refractivity contribution >= 4 is 21.8 Å². The monoisotopic (exact) mass is 349 g/mol. The normalized spacial score (nSPS) is 16.2. The minimum atomic E-state index is 0.0719. The van der Waals surface area contributed by atoms with Crippen LogP contribution >= 0.6 is 15.9 Å². The molecule has 21 heavy (non-hydrogen) atoms. The summed E-state index contributed by atoms with van der Waals surface area (Å²) in [6.45, 7) is 3.25. The Morgan fingerprint density at radius 2 is 2.05 bits per heavy atom. The van der Waals surface area contributed by atoms with Crippen LogP contribution in [0.15, 0.2) is 33.3 Å². The number of amides is 1. The maximum Gasteiger partial charge on any atom is 0.254 e. The van der Waals surface area contributed by atoms with Crippen LogP contribution < -0.4 is 0 Å². The summed E-state index contributed by atoms with van der Waals surface area (Å²) in [6.07, 6.45) is 1.72. The first-order valence-corrected chi connectivity index (χ1v) is 7.78. The van der Waals surface area contributed by atoms with E-state index in [9.17, 15) is 4.79 Å². The zero-order valence-corrected chi connectivity index (χ0v) is 13.3. The van der Waals surface area contributed by atoms with E-state index in [1.807, 2.05) is 36.1 Å². The van der Waals surface area contributed by atoms with Gasteiger partial charge in [0.1, 0.15) is 0 Å². The standard InChI is InChI=1S/C15H16BrN3O2/c1-10-17-14(21-18-10)11-6-8-19(9-7-11)15(20)12-4-2-3-5-13(12)16/h2-5,11H,6-9H2,1H3. The van der Waals surface area contributed by atoms with Crippen LogP contribution in [-0.4, -0.2) is 34.0 Å².